The highest BCUT2D eigenvalue weighted by Crippen LogP contribution is 2.38. The van der Waals surface area contributed by atoms with Gasteiger partial charge in [0.1, 0.15) is 0 Å². The van der Waals surface area contributed by atoms with Crippen LogP contribution in [0.15, 0.2) is 66.7 Å². The van der Waals surface area contributed by atoms with Gasteiger partial charge in [-0.15, -0.1) is 0 Å². The second kappa shape index (κ2) is 15.5. The van der Waals surface area contributed by atoms with Crippen LogP contribution in [0.4, 0.5) is 5.69 Å². The first-order valence-corrected chi connectivity index (χ1v) is 14.3. The molecule has 0 bridgehead atoms. The van der Waals surface area contributed by atoms with Gasteiger partial charge in [0.05, 0.1) is 0 Å². The van der Waals surface area contributed by atoms with E-state index in [0.717, 1.165) is 18.5 Å². The van der Waals surface area contributed by atoms with Crippen LogP contribution in [0, 0.1) is 0 Å². The van der Waals surface area contributed by atoms with Crippen LogP contribution in [0.5, 0.6) is 0 Å². The van der Waals surface area contributed by atoms with Crippen molar-refractivity contribution in [3.05, 3.63) is 77.9 Å². The maximum atomic E-state index is 6.80. The van der Waals surface area contributed by atoms with E-state index in [4.69, 9.17) is 5.73 Å². The lowest BCUT2D eigenvalue weighted by atomic mass is 9.88. The summed E-state index contributed by atoms with van der Waals surface area (Å²) in [6.45, 7) is 4.56. The predicted molar refractivity (Wildman–Crippen MR) is 156 cm³/mol. The Bertz CT molecular complexity index is 1000. The summed E-state index contributed by atoms with van der Waals surface area (Å²) in [4.78, 5) is 0. The lowest BCUT2D eigenvalue weighted by molar-refractivity contribution is 0.608. The fourth-order valence-electron chi connectivity index (χ4n) is 5.21. The number of anilines is 1. The molecule has 0 aliphatic heterocycles. The van der Waals surface area contributed by atoms with Gasteiger partial charge >= 0.3 is 0 Å². The number of nitrogens with two attached hydrogens (primary N) is 1. The van der Waals surface area contributed by atoms with Gasteiger partial charge in [0.15, 0.2) is 0 Å². The van der Waals surface area contributed by atoms with Crippen molar-refractivity contribution in [3.63, 3.8) is 0 Å². The monoisotopic (exact) mass is 469 g/mol. The second-order valence-electron chi connectivity index (χ2n) is 10.1. The molecule has 0 fully saturated rings. The minimum Gasteiger partial charge on any atom is -0.398 e. The van der Waals surface area contributed by atoms with Crippen LogP contribution < -0.4 is 5.73 Å². The molecule has 35 heavy (non-hydrogen) atoms. The van der Waals surface area contributed by atoms with Gasteiger partial charge in [-0.1, -0.05) is 145 Å². The standard InChI is InChI=1S/C34H47N/c1-3-5-7-9-11-13-20-28-21-15-16-24-30(28)31-25-17-18-26-32(31)33-27-19-23-29(34(33)35)22-14-12-10-8-6-4-2/h15-19,21,23-27H,3-14,20,22,35H2,1-2H3. The van der Waals surface area contributed by atoms with Gasteiger partial charge in [-0.2, -0.15) is 0 Å². The number of para-hydroxylation sites is 1. The average Bonchev–Trinajstić information content (AvgIpc) is 2.89. The Kier molecular flexibility index (Phi) is 11.9. The third kappa shape index (κ3) is 8.27. The van der Waals surface area contributed by atoms with Gasteiger partial charge in [0, 0.05) is 11.3 Å². The normalized spacial score (nSPS) is 11.1. The zero-order chi connectivity index (χ0) is 24.7. The van der Waals surface area contributed by atoms with Crippen molar-refractivity contribution in [1.82, 2.24) is 0 Å². The molecule has 0 saturated carbocycles. The zero-order valence-corrected chi connectivity index (χ0v) is 22.3. The van der Waals surface area contributed by atoms with E-state index in [1.165, 1.54) is 110 Å². The van der Waals surface area contributed by atoms with Crippen LogP contribution in [0.1, 0.15) is 102 Å². The third-order valence-corrected chi connectivity index (χ3v) is 7.32. The molecule has 0 unspecified atom stereocenters. The highest BCUT2D eigenvalue weighted by atomic mass is 14.6. The van der Waals surface area contributed by atoms with Crippen LogP contribution >= 0.6 is 0 Å². The maximum Gasteiger partial charge on any atom is 0.0426 e. The van der Waals surface area contributed by atoms with Gasteiger partial charge in [0.2, 0.25) is 0 Å². The molecule has 0 radical (unpaired) electrons. The number of aryl methyl sites for hydroxylation is 2. The van der Waals surface area contributed by atoms with E-state index in [1.54, 1.807) is 0 Å². The molecule has 3 rings (SSSR count). The Balaban J connectivity index is 1.77. The van der Waals surface area contributed by atoms with Crippen molar-refractivity contribution in [1.29, 1.82) is 0 Å². The van der Waals surface area contributed by atoms with Crippen molar-refractivity contribution in [3.8, 4) is 22.3 Å². The Hall–Kier alpha value is -2.54. The van der Waals surface area contributed by atoms with Crippen LogP contribution in [0.25, 0.3) is 22.3 Å². The first-order chi connectivity index (χ1) is 17.3. The van der Waals surface area contributed by atoms with Crippen LogP contribution in [0.3, 0.4) is 0 Å². The molecule has 2 N–H and O–H groups in total. The van der Waals surface area contributed by atoms with Crippen molar-refractivity contribution < 1.29 is 0 Å². The molecule has 0 heterocycles. The van der Waals surface area contributed by atoms with Crippen molar-refractivity contribution >= 4 is 5.69 Å². The topological polar surface area (TPSA) is 26.0 Å². The summed E-state index contributed by atoms with van der Waals surface area (Å²) in [5.41, 5.74) is 15.6. The smallest absolute Gasteiger partial charge is 0.0426 e. The largest absolute Gasteiger partial charge is 0.398 e. The van der Waals surface area contributed by atoms with E-state index < -0.39 is 0 Å². The Morgan fingerprint density at radius 1 is 0.429 bits per heavy atom. The summed E-state index contributed by atoms with van der Waals surface area (Å²) in [5, 5.41) is 0. The molecule has 188 valence electrons. The SMILES string of the molecule is CCCCCCCCc1ccccc1-c1ccccc1-c1cccc(CCCCCCCC)c1N. The van der Waals surface area contributed by atoms with Gasteiger partial charge in [-0.05, 0) is 53.5 Å². The summed E-state index contributed by atoms with van der Waals surface area (Å²) < 4.78 is 0. The summed E-state index contributed by atoms with van der Waals surface area (Å²) in [6, 6.07) is 24.4. The van der Waals surface area contributed by atoms with Crippen LogP contribution in [0.2, 0.25) is 0 Å². The summed E-state index contributed by atoms with van der Waals surface area (Å²) in [5.74, 6) is 0. The third-order valence-electron chi connectivity index (χ3n) is 7.32. The molecule has 3 aromatic rings. The average molecular weight is 470 g/mol. The maximum absolute atomic E-state index is 6.80. The molecule has 0 amide bonds. The number of unbranched alkanes of at least 4 members (excludes halogenated alkanes) is 10. The fourth-order valence-corrected chi connectivity index (χ4v) is 5.21. The minimum absolute atomic E-state index is 0.960. The molecule has 0 aliphatic carbocycles. The summed E-state index contributed by atoms with van der Waals surface area (Å²) >= 11 is 0. The van der Waals surface area contributed by atoms with E-state index in [9.17, 15) is 0 Å². The molecule has 0 saturated heterocycles. The predicted octanol–water partition coefficient (Wildman–Crippen LogP) is 10.4. The van der Waals surface area contributed by atoms with Crippen LogP contribution in [-0.4, -0.2) is 0 Å². The van der Waals surface area contributed by atoms with E-state index in [1.807, 2.05) is 0 Å². The van der Waals surface area contributed by atoms with Crippen LogP contribution in [-0.2, 0) is 12.8 Å². The number of nitrogen functional groups attached to an aromatic ring is 1. The molecule has 0 aliphatic rings. The van der Waals surface area contributed by atoms with Crippen molar-refractivity contribution in [2.45, 2.75) is 104 Å². The molecular weight excluding hydrogens is 422 g/mol. The van der Waals surface area contributed by atoms with Crippen molar-refractivity contribution in [2.24, 2.45) is 0 Å². The van der Waals surface area contributed by atoms with E-state index in [0.29, 0.717) is 0 Å². The highest BCUT2D eigenvalue weighted by molar-refractivity contribution is 5.90. The summed E-state index contributed by atoms with van der Waals surface area (Å²) in [6.07, 6.45) is 18.1. The summed E-state index contributed by atoms with van der Waals surface area (Å²) in [7, 11) is 0. The molecular formula is C34H47N. The first-order valence-electron chi connectivity index (χ1n) is 14.3. The highest BCUT2D eigenvalue weighted by Gasteiger charge is 2.14. The number of hydrogen-bond acceptors (Lipinski definition) is 1. The minimum atomic E-state index is 0.960. The second-order valence-corrected chi connectivity index (χ2v) is 10.1. The zero-order valence-electron chi connectivity index (χ0n) is 22.3. The van der Waals surface area contributed by atoms with E-state index >= 15 is 0 Å². The molecule has 0 spiro atoms. The van der Waals surface area contributed by atoms with Crippen molar-refractivity contribution in [2.75, 3.05) is 5.73 Å². The molecule has 1 heteroatoms. The number of hydrogen-bond donors (Lipinski definition) is 1. The molecule has 0 aromatic heterocycles. The van der Waals surface area contributed by atoms with E-state index in [2.05, 4.69) is 80.6 Å². The quantitative estimate of drug-likeness (QED) is 0.164. The molecule has 0 atom stereocenters. The Morgan fingerprint density at radius 2 is 0.857 bits per heavy atom. The number of benzene rings is 3. The van der Waals surface area contributed by atoms with E-state index in [-0.39, 0.29) is 0 Å². The van der Waals surface area contributed by atoms with Gasteiger partial charge < -0.3 is 5.73 Å². The fraction of sp³-hybridized carbons (Fsp3) is 0.471. The Labute approximate surface area is 215 Å². The lowest BCUT2D eigenvalue weighted by Crippen LogP contribution is -1.99. The lowest BCUT2D eigenvalue weighted by Gasteiger charge is -2.17. The van der Waals surface area contributed by atoms with Gasteiger partial charge in [-0.3, -0.25) is 0 Å². The first kappa shape index (κ1) is 27.1. The Morgan fingerprint density at radius 3 is 1.49 bits per heavy atom. The van der Waals surface area contributed by atoms with Gasteiger partial charge in [-0.25, -0.2) is 0 Å². The molecule has 1 nitrogen and oxygen atoms in total. The molecule has 3 aromatic carbocycles. The number of rotatable bonds is 16. The van der Waals surface area contributed by atoms with Gasteiger partial charge in [0.25, 0.3) is 0 Å².